The van der Waals surface area contributed by atoms with Gasteiger partial charge < -0.3 is 10.2 Å². The Hall–Kier alpha value is -2.87. The van der Waals surface area contributed by atoms with Crippen molar-refractivity contribution in [3.63, 3.8) is 0 Å². The number of nitrogens with zero attached hydrogens (tertiary/aromatic N) is 2. The second-order valence-corrected chi connectivity index (χ2v) is 11.5. The summed E-state index contributed by atoms with van der Waals surface area (Å²) >= 11 is 0. The first kappa shape index (κ1) is 29.4. The van der Waals surface area contributed by atoms with Gasteiger partial charge in [0.1, 0.15) is 6.04 Å². The molecule has 0 aliphatic rings. The number of aryl methyl sites for hydroxylation is 1. The summed E-state index contributed by atoms with van der Waals surface area (Å²) in [7, 11) is -3.51. The lowest BCUT2D eigenvalue weighted by Gasteiger charge is -2.31. The van der Waals surface area contributed by atoms with E-state index in [0.717, 1.165) is 11.1 Å². The minimum atomic E-state index is -3.51. The summed E-state index contributed by atoms with van der Waals surface area (Å²) < 4.78 is 26.4. The van der Waals surface area contributed by atoms with Gasteiger partial charge in [-0.3, -0.25) is 13.9 Å². The standard InChI is InChI=1S/C28H41N3O4S/c1-6-25(28(33)29-21-22(2)3)30(20-18-24-14-8-7-9-15-24)27(32)17-12-19-31(36(5,34)35)26-16-11-10-13-23(26)4/h7-11,13-16,22,25H,6,12,17-21H2,1-5H3,(H,29,33)/t25-/m0/s1. The van der Waals surface area contributed by atoms with E-state index in [0.29, 0.717) is 44.0 Å². The van der Waals surface area contributed by atoms with Gasteiger partial charge in [-0.05, 0) is 49.3 Å². The van der Waals surface area contributed by atoms with Crippen LogP contribution in [0.5, 0.6) is 0 Å². The monoisotopic (exact) mass is 515 g/mol. The second-order valence-electron chi connectivity index (χ2n) is 9.61. The summed E-state index contributed by atoms with van der Waals surface area (Å²) in [6.07, 6.45) is 2.83. The summed E-state index contributed by atoms with van der Waals surface area (Å²) in [5, 5.41) is 2.97. The highest BCUT2D eigenvalue weighted by Gasteiger charge is 2.28. The topological polar surface area (TPSA) is 86.8 Å². The maximum absolute atomic E-state index is 13.4. The smallest absolute Gasteiger partial charge is 0.242 e. The largest absolute Gasteiger partial charge is 0.354 e. The van der Waals surface area contributed by atoms with Crippen LogP contribution < -0.4 is 9.62 Å². The maximum Gasteiger partial charge on any atom is 0.242 e. The van der Waals surface area contributed by atoms with Gasteiger partial charge in [-0.2, -0.15) is 0 Å². The van der Waals surface area contributed by atoms with Crippen LogP contribution in [0.25, 0.3) is 0 Å². The highest BCUT2D eigenvalue weighted by atomic mass is 32.2. The molecule has 0 heterocycles. The molecule has 0 radical (unpaired) electrons. The fraction of sp³-hybridized carbons (Fsp3) is 0.500. The fourth-order valence-electron chi connectivity index (χ4n) is 4.14. The molecule has 2 rings (SSSR count). The first-order chi connectivity index (χ1) is 17.0. The van der Waals surface area contributed by atoms with E-state index in [9.17, 15) is 18.0 Å². The van der Waals surface area contributed by atoms with Crippen LogP contribution in [0, 0.1) is 12.8 Å². The average molecular weight is 516 g/mol. The normalized spacial score (nSPS) is 12.3. The Morgan fingerprint density at radius 3 is 2.19 bits per heavy atom. The van der Waals surface area contributed by atoms with Crippen molar-refractivity contribution in [3.8, 4) is 0 Å². The third-order valence-electron chi connectivity index (χ3n) is 6.09. The molecular weight excluding hydrogens is 474 g/mol. The Labute approximate surface area is 216 Å². The number of hydrogen-bond acceptors (Lipinski definition) is 4. The number of para-hydroxylation sites is 1. The number of carbonyl (C=O) groups excluding carboxylic acids is 2. The van der Waals surface area contributed by atoms with Gasteiger partial charge in [0, 0.05) is 26.1 Å². The van der Waals surface area contributed by atoms with Crippen LogP contribution in [0.2, 0.25) is 0 Å². The molecule has 1 N–H and O–H groups in total. The van der Waals surface area contributed by atoms with E-state index in [1.807, 2.05) is 70.2 Å². The molecule has 0 fully saturated rings. The molecule has 2 amide bonds. The molecule has 36 heavy (non-hydrogen) atoms. The summed E-state index contributed by atoms with van der Waals surface area (Å²) in [5.41, 5.74) is 2.56. The maximum atomic E-state index is 13.4. The van der Waals surface area contributed by atoms with Crippen molar-refractivity contribution in [2.75, 3.05) is 30.2 Å². The van der Waals surface area contributed by atoms with Crippen molar-refractivity contribution in [2.24, 2.45) is 5.92 Å². The molecule has 1 atom stereocenters. The molecule has 0 spiro atoms. The van der Waals surface area contributed by atoms with Gasteiger partial charge in [-0.1, -0.05) is 69.3 Å². The van der Waals surface area contributed by atoms with E-state index in [1.165, 1.54) is 10.6 Å². The van der Waals surface area contributed by atoms with E-state index in [2.05, 4.69) is 5.32 Å². The van der Waals surface area contributed by atoms with Crippen LogP contribution in [0.15, 0.2) is 54.6 Å². The van der Waals surface area contributed by atoms with Gasteiger partial charge in [0.25, 0.3) is 0 Å². The number of anilines is 1. The van der Waals surface area contributed by atoms with E-state index in [-0.39, 0.29) is 24.8 Å². The fourth-order valence-corrected chi connectivity index (χ4v) is 5.17. The van der Waals surface area contributed by atoms with Crippen LogP contribution in [0.1, 0.15) is 51.2 Å². The lowest BCUT2D eigenvalue weighted by molar-refractivity contribution is -0.140. The molecule has 0 saturated carbocycles. The molecule has 0 bridgehead atoms. The van der Waals surface area contributed by atoms with Gasteiger partial charge in [-0.25, -0.2) is 8.42 Å². The number of sulfonamides is 1. The van der Waals surface area contributed by atoms with Gasteiger partial charge in [0.15, 0.2) is 0 Å². The average Bonchev–Trinajstić information content (AvgIpc) is 2.83. The molecule has 0 aliphatic carbocycles. The number of carbonyl (C=O) groups is 2. The van der Waals surface area contributed by atoms with Crippen molar-refractivity contribution in [2.45, 2.75) is 59.4 Å². The molecule has 0 saturated heterocycles. The summed E-state index contributed by atoms with van der Waals surface area (Å²) in [6.45, 7) is 9.00. The van der Waals surface area contributed by atoms with Crippen molar-refractivity contribution in [3.05, 3.63) is 65.7 Å². The Kier molecular flexibility index (Phi) is 11.4. The van der Waals surface area contributed by atoms with Crippen LogP contribution in [0.3, 0.4) is 0 Å². The number of benzene rings is 2. The zero-order valence-electron chi connectivity index (χ0n) is 22.2. The molecule has 2 aromatic carbocycles. The highest BCUT2D eigenvalue weighted by Crippen LogP contribution is 2.23. The zero-order chi connectivity index (χ0) is 26.7. The number of amides is 2. The van der Waals surface area contributed by atoms with Crippen LogP contribution in [-0.4, -0.2) is 57.1 Å². The number of rotatable bonds is 14. The minimum absolute atomic E-state index is 0.143. The molecule has 198 valence electrons. The Morgan fingerprint density at radius 2 is 1.61 bits per heavy atom. The van der Waals surface area contributed by atoms with Gasteiger partial charge in [0.05, 0.1) is 11.9 Å². The highest BCUT2D eigenvalue weighted by molar-refractivity contribution is 7.92. The molecule has 7 nitrogen and oxygen atoms in total. The number of hydrogen-bond donors (Lipinski definition) is 1. The Bertz CT molecular complexity index is 1090. The Morgan fingerprint density at radius 1 is 0.972 bits per heavy atom. The van der Waals surface area contributed by atoms with E-state index in [4.69, 9.17) is 0 Å². The second kappa shape index (κ2) is 14.0. The summed E-state index contributed by atoms with van der Waals surface area (Å²) in [5.74, 6) is 0.0179. The third kappa shape index (κ3) is 8.97. The van der Waals surface area contributed by atoms with Crippen LogP contribution in [0.4, 0.5) is 5.69 Å². The SMILES string of the molecule is CC[C@@H](C(=O)NCC(C)C)N(CCc1ccccc1)C(=O)CCCN(c1ccccc1C)S(C)(=O)=O. The molecule has 0 unspecified atom stereocenters. The van der Waals surface area contributed by atoms with E-state index < -0.39 is 16.1 Å². The first-order valence-corrected chi connectivity index (χ1v) is 14.5. The Balaban J connectivity index is 2.16. The molecule has 2 aromatic rings. The molecular formula is C28H41N3O4S. The van der Waals surface area contributed by atoms with Gasteiger partial charge in [-0.15, -0.1) is 0 Å². The van der Waals surface area contributed by atoms with Gasteiger partial charge >= 0.3 is 0 Å². The molecule has 0 aromatic heterocycles. The van der Waals surface area contributed by atoms with Crippen molar-refractivity contribution in [1.29, 1.82) is 0 Å². The lowest BCUT2D eigenvalue weighted by atomic mass is 10.1. The number of nitrogens with one attached hydrogen (secondary N) is 1. The van der Waals surface area contributed by atoms with E-state index in [1.54, 1.807) is 17.0 Å². The van der Waals surface area contributed by atoms with Gasteiger partial charge in [0.2, 0.25) is 21.8 Å². The van der Waals surface area contributed by atoms with Crippen molar-refractivity contribution < 1.29 is 18.0 Å². The van der Waals surface area contributed by atoms with Crippen molar-refractivity contribution >= 4 is 27.5 Å². The predicted molar refractivity (Wildman–Crippen MR) is 146 cm³/mol. The molecule has 8 heteroatoms. The lowest BCUT2D eigenvalue weighted by Crippen LogP contribution is -2.50. The quantitative estimate of drug-likeness (QED) is 0.409. The summed E-state index contributed by atoms with van der Waals surface area (Å²) in [6, 6.07) is 16.6. The summed E-state index contributed by atoms with van der Waals surface area (Å²) in [4.78, 5) is 28.1. The minimum Gasteiger partial charge on any atom is -0.354 e. The first-order valence-electron chi connectivity index (χ1n) is 12.7. The van der Waals surface area contributed by atoms with Crippen LogP contribution in [-0.2, 0) is 26.0 Å². The third-order valence-corrected chi connectivity index (χ3v) is 7.27. The van der Waals surface area contributed by atoms with Crippen LogP contribution >= 0.6 is 0 Å². The molecule has 0 aliphatic heterocycles. The van der Waals surface area contributed by atoms with Crippen molar-refractivity contribution in [1.82, 2.24) is 10.2 Å². The predicted octanol–water partition coefficient (Wildman–Crippen LogP) is 4.16. The zero-order valence-corrected chi connectivity index (χ0v) is 23.1. The van der Waals surface area contributed by atoms with E-state index >= 15 is 0 Å².